The average Bonchev–Trinajstić information content (AvgIpc) is 3.37. The van der Waals surface area contributed by atoms with Crippen LogP contribution in [0.3, 0.4) is 0 Å². The van der Waals surface area contributed by atoms with Gasteiger partial charge in [-0.15, -0.1) is 0 Å². The van der Waals surface area contributed by atoms with Crippen LogP contribution >= 0.6 is 0 Å². The Bertz CT molecular complexity index is 1420. The van der Waals surface area contributed by atoms with E-state index >= 15 is 0 Å². The summed E-state index contributed by atoms with van der Waals surface area (Å²) in [5, 5.41) is 19.8. The van der Waals surface area contributed by atoms with Crippen molar-refractivity contribution in [1.29, 1.82) is 0 Å². The number of carbonyl (C=O) groups is 2. The molecule has 2 aromatic heterocycles. The molecule has 0 radical (unpaired) electrons. The number of rotatable bonds is 9. The third-order valence-corrected chi connectivity index (χ3v) is 13.7. The topological polar surface area (TPSA) is 100 Å². The van der Waals surface area contributed by atoms with Crippen LogP contribution in [0.25, 0.3) is 11.4 Å². The highest BCUT2D eigenvalue weighted by Crippen LogP contribution is 2.69. The van der Waals surface area contributed by atoms with E-state index in [2.05, 4.69) is 44.6 Å². The molecule has 0 aromatic carbocycles. The first-order valence-electron chi connectivity index (χ1n) is 17.9. The van der Waals surface area contributed by atoms with Crippen molar-refractivity contribution in [2.45, 2.75) is 118 Å². The number of aromatic carboxylic acids is 2. The van der Waals surface area contributed by atoms with E-state index < -0.39 is 11.9 Å². The fourth-order valence-electron chi connectivity index (χ4n) is 11.5. The highest BCUT2D eigenvalue weighted by molar-refractivity contribution is 5.92. The Labute approximate surface area is 269 Å². The Balaban J connectivity index is 1.23. The lowest BCUT2D eigenvalue weighted by Crippen LogP contribution is -2.53. The van der Waals surface area contributed by atoms with Crippen LogP contribution in [-0.4, -0.2) is 32.1 Å². The molecule has 0 spiro atoms. The van der Waals surface area contributed by atoms with Gasteiger partial charge in [0.2, 0.25) is 0 Å². The van der Waals surface area contributed by atoms with Gasteiger partial charge in [0.25, 0.3) is 0 Å². The predicted molar refractivity (Wildman–Crippen MR) is 177 cm³/mol. The first-order chi connectivity index (χ1) is 21.4. The normalized spacial score (nSPS) is 34.9. The van der Waals surface area contributed by atoms with Gasteiger partial charge in [0, 0.05) is 12.4 Å². The third-order valence-electron chi connectivity index (χ3n) is 13.7. The zero-order valence-electron chi connectivity index (χ0n) is 28.1. The van der Waals surface area contributed by atoms with Gasteiger partial charge >= 0.3 is 11.9 Å². The molecule has 6 rings (SSSR count). The Morgan fingerprint density at radius 3 is 2.33 bits per heavy atom. The highest BCUT2D eigenvalue weighted by Gasteiger charge is 2.60. The molecule has 0 amide bonds. The van der Waals surface area contributed by atoms with Crippen LogP contribution in [0.5, 0.6) is 0 Å². The Kier molecular flexibility index (Phi) is 8.91. The first-order valence-corrected chi connectivity index (χ1v) is 17.9. The molecule has 4 aliphatic rings. The molecule has 4 fully saturated rings. The van der Waals surface area contributed by atoms with Crippen molar-refractivity contribution in [3.05, 3.63) is 47.3 Å². The highest BCUT2D eigenvalue weighted by atomic mass is 16.4. The Morgan fingerprint density at radius 2 is 1.60 bits per heavy atom. The molecule has 4 aliphatic carbocycles. The summed E-state index contributed by atoms with van der Waals surface area (Å²) in [6.07, 6.45) is 18.2. The van der Waals surface area contributed by atoms with Crippen LogP contribution in [0, 0.1) is 52.3 Å². The molecule has 2 aromatic rings. The lowest BCUT2D eigenvalue weighted by molar-refractivity contribution is -0.117. The van der Waals surface area contributed by atoms with E-state index in [1.807, 2.05) is 0 Å². The molecular formula is C39H54N2O4. The van der Waals surface area contributed by atoms with Gasteiger partial charge in [-0.2, -0.15) is 0 Å². The second-order valence-electron chi connectivity index (χ2n) is 16.3. The summed E-state index contributed by atoms with van der Waals surface area (Å²) in [5.41, 5.74) is 2.88. The zero-order chi connectivity index (χ0) is 32.1. The molecule has 5 unspecified atom stereocenters. The van der Waals surface area contributed by atoms with Crippen molar-refractivity contribution in [3.63, 3.8) is 0 Å². The van der Waals surface area contributed by atoms with Gasteiger partial charge in [-0.25, -0.2) is 9.59 Å². The summed E-state index contributed by atoms with van der Waals surface area (Å²) in [5.74, 6) is 3.55. The Hall–Kier alpha value is -2.76. The molecule has 4 saturated carbocycles. The van der Waals surface area contributed by atoms with E-state index in [-0.39, 0.29) is 22.5 Å². The van der Waals surface area contributed by atoms with Crippen molar-refractivity contribution < 1.29 is 19.8 Å². The Morgan fingerprint density at radius 1 is 0.867 bits per heavy atom. The summed E-state index contributed by atoms with van der Waals surface area (Å²) in [6.45, 7) is 12.5. The van der Waals surface area contributed by atoms with Crippen molar-refractivity contribution in [2.75, 3.05) is 0 Å². The van der Waals surface area contributed by atoms with Crippen LogP contribution in [0.4, 0.5) is 0 Å². The largest absolute Gasteiger partial charge is 0.478 e. The number of carboxylic acids is 2. The minimum absolute atomic E-state index is 0.0705. The third kappa shape index (κ3) is 5.73. The fraction of sp³-hybridized carbons (Fsp3) is 0.692. The minimum atomic E-state index is -1.03. The van der Waals surface area contributed by atoms with E-state index in [1.54, 1.807) is 6.07 Å². The number of nitrogens with zero attached hydrogens (tertiary/aromatic N) is 2. The first kappa shape index (κ1) is 32.2. The maximum Gasteiger partial charge on any atom is 0.336 e. The molecule has 0 saturated heterocycles. The molecule has 0 bridgehead atoms. The minimum Gasteiger partial charge on any atom is -0.478 e. The van der Waals surface area contributed by atoms with Gasteiger partial charge in [-0.05, 0) is 140 Å². The van der Waals surface area contributed by atoms with Gasteiger partial charge in [-0.1, -0.05) is 53.9 Å². The van der Waals surface area contributed by atoms with Crippen molar-refractivity contribution in [2.24, 2.45) is 52.3 Å². The van der Waals surface area contributed by atoms with Crippen LogP contribution in [0.15, 0.2) is 30.6 Å². The number of pyridine rings is 2. The molecule has 244 valence electrons. The SMILES string of the molecule is CC(C)CCC[C@@H](C)[C@H]1CCC2C3CCC4CC(c5c(C(=O)O)ccnc5-c5cc(C(=O)O)ccn5)CC[C@]4(C)C3CC[C@@]21C. The smallest absolute Gasteiger partial charge is 0.336 e. The van der Waals surface area contributed by atoms with E-state index in [0.29, 0.717) is 22.7 Å². The summed E-state index contributed by atoms with van der Waals surface area (Å²) >= 11 is 0. The summed E-state index contributed by atoms with van der Waals surface area (Å²) in [6, 6.07) is 4.60. The number of hydrogen-bond acceptors (Lipinski definition) is 4. The molecule has 6 heteroatoms. The molecule has 2 heterocycles. The van der Waals surface area contributed by atoms with Gasteiger partial charge in [0.1, 0.15) is 0 Å². The second-order valence-corrected chi connectivity index (χ2v) is 16.3. The number of fused-ring (bicyclic) bond motifs is 5. The average molecular weight is 615 g/mol. The van der Waals surface area contributed by atoms with Crippen molar-refractivity contribution in [1.82, 2.24) is 9.97 Å². The van der Waals surface area contributed by atoms with Crippen LogP contribution in [0.2, 0.25) is 0 Å². The van der Waals surface area contributed by atoms with E-state index in [0.717, 1.165) is 60.3 Å². The van der Waals surface area contributed by atoms with E-state index in [4.69, 9.17) is 0 Å². The number of carboxylic acid groups (broad SMARTS) is 2. The molecular weight excluding hydrogens is 560 g/mol. The van der Waals surface area contributed by atoms with Gasteiger partial charge in [-0.3, -0.25) is 9.97 Å². The van der Waals surface area contributed by atoms with Crippen LogP contribution in [-0.2, 0) is 0 Å². The van der Waals surface area contributed by atoms with Gasteiger partial charge in [0.15, 0.2) is 0 Å². The van der Waals surface area contributed by atoms with E-state index in [1.165, 1.54) is 82.3 Å². The molecule has 45 heavy (non-hydrogen) atoms. The molecule has 6 nitrogen and oxygen atoms in total. The quantitative estimate of drug-likeness (QED) is 0.292. The maximum atomic E-state index is 12.5. The van der Waals surface area contributed by atoms with Gasteiger partial charge in [0.05, 0.1) is 22.5 Å². The molecule has 0 aliphatic heterocycles. The van der Waals surface area contributed by atoms with Crippen molar-refractivity contribution in [3.8, 4) is 11.4 Å². The predicted octanol–water partition coefficient (Wildman–Crippen LogP) is 9.74. The summed E-state index contributed by atoms with van der Waals surface area (Å²) in [7, 11) is 0. The lowest BCUT2D eigenvalue weighted by atomic mass is 9.43. The van der Waals surface area contributed by atoms with E-state index in [9.17, 15) is 19.8 Å². The van der Waals surface area contributed by atoms with Crippen molar-refractivity contribution >= 4 is 11.9 Å². The zero-order valence-corrected chi connectivity index (χ0v) is 28.1. The molecule has 9 atom stereocenters. The number of aromatic nitrogens is 2. The second kappa shape index (κ2) is 12.4. The maximum absolute atomic E-state index is 12.5. The lowest BCUT2D eigenvalue weighted by Gasteiger charge is -2.61. The summed E-state index contributed by atoms with van der Waals surface area (Å²) < 4.78 is 0. The number of hydrogen-bond donors (Lipinski definition) is 2. The van der Waals surface area contributed by atoms with Crippen LogP contribution in [0.1, 0.15) is 144 Å². The molecule has 2 N–H and O–H groups in total. The standard InChI is InChI=1S/C39H54N2O4/c1-23(2)7-6-8-24(3)30-11-12-31-28-10-9-27-21-25(13-17-38(27,4)32(28)14-18-39(30,31)5)34-29(37(44)45)16-20-41-35(34)33-22-26(36(42)43)15-19-40-33/h15-16,19-20,22-25,27-28,30-32H,6-14,17-18,21H2,1-5H3,(H,42,43)(H,44,45)/t24-,25?,27?,28?,30-,31?,32?,38+,39-/m1/s1. The van der Waals surface area contributed by atoms with Gasteiger partial charge < -0.3 is 10.2 Å². The monoisotopic (exact) mass is 614 g/mol. The fourth-order valence-corrected chi connectivity index (χ4v) is 11.5. The summed E-state index contributed by atoms with van der Waals surface area (Å²) in [4.78, 5) is 33.3. The van der Waals surface area contributed by atoms with Crippen LogP contribution < -0.4 is 0 Å².